The Bertz CT molecular complexity index is 667. The van der Waals surface area contributed by atoms with Crippen molar-refractivity contribution in [3.63, 3.8) is 0 Å². The van der Waals surface area contributed by atoms with Gasteiger partial charge in [-0.05, 0) is 44.4 Å². The second-order valence-electron chi connectivity index (χ2n) is 6.14. The van der Waals surface area contributed by atoms with Gasteiger partial charge >= 0.3 is 0 Å². The summed E-state index contributed by atoms with van der Waals surface area (Å²) in [6.07, 6.45) is 12.2. The molecule has 0 aliphatic heterocycles. The van der Waals surface area contributed by atoms with Gasteiger partial charge in [0.1, 0.15) is 0 Å². The third kappa shape index (κ3) is 3.72. The first-order chi connectivity index (χ1) is 11.2. The van der Waals surface area contributed by atoms with Crippen molar-refractivity contribution in [2.75, 3.05) is 7.05 Å². The van der Waals surface area contributed by atoms with E-state index in [4.69, 9.17) is 0 Å². The first kappa shape index (κ1) is 16.4. The standard InChI is InChI=1S/C18H23BrN4/c1-3-6-17(19)23-12-15(21-13-23)11-22(2)16-9-4-7-14-8-5-10-20-18(14)16/h3,5,8,10,12-13,16-17H,1,4,6-7,9,11H2,2H3. The number of fused-ring (bicyclic) bond motifs is 1. The number of aryl methyl sites for hydroxylation is 1. The van der Waals surface area contributed by atoms with Crippen LogP contribution in [-0.2, 0) is 13.0 Å². The van der Waals surface area contributed by atoms with Crippen molar-refractivity contribution in [3.05, 3.63) is 60.5 Å². The summed E-state index contributed by atoms with van der Waals surface area (Å²) >= 11 is 3.65. The van der Waals surface area contributed by atoms with E-state index in [1.165, 1.54) is 24.1 Å². The third-order valence-electron chi connectivity index (χ3n) is 4.45. The van der Waals surface area contributed by atoms with E-state index in [-0.39, 0.29) is 4.95 Å². The molecule has 0 N–H and O–H groups in total. The Hall–Kier alpha value is -1.46. The van der Waals surface area contributed by atoms with Crippen LogP contribution in [-0.4, -0.2) is 26.5 Å². The molecule has 3 rings (SSSR count). The minimum Gasteiger partial charge on any atom is -0.324 e. The lowest BCUT2D eigenvalue weighted by Gasteiger charge is -2.31. The molecule has 5 heteroatoms. The van der Waals surface area contributed by atoms with Crippen molar-refractivity contribution in [2.24, 2.45) is 0 Å². The van der Waals surface area contributed by atoms with Crippen molar-refractivity contribution in [1.82, 2.24) is 19.4 Å². The maximum Gasteiger partial charge on any atom is 0.0959 e. The number of nitrogens with zero attached hydrogens (tertiary/aromatic N) is 4. The Balaban J connectivity index is 1.70. The third-order valence-corrected chi connectivity index (χ3v) is 5.30. The van der Waals surface area contributed by atoms with Gasteiger partial charge in [0, 0.05) is 18.9 Å². The number of pyridine rings is 1. The summed E-state index contributed by atoms with van der Waals surface area (Å²) in [6, 6.07) is 4.64. The van der Waals surface area contributed by atoms with Crippen molar-refractivity contribution in [1.29, 1.82) is 0 Å². The lowest BCUT2D eigenvalue weighted by molar-refractivity contribution is 0.206. The van der Waals surface area contributed by atoms with E-state index in [1.54, 1.807) is 0 Å². The molecule has 0 radical (unpaired) electrons. The molecule has 2 aromatic rings. The first-order valence-corrected chi connectivity index (χ1v) is 9.02. The Morgan fingerprint density at radius 2 is 2.39 bits per heavy atom. The maximum absolute atomic E-state index is 4.64. The highest BCUT2D eigenvalue weighted by Crippen LogP contribution is 2.32. The van der Waals surface area contributed by atoms with Gasteiger partial charge in [-0.3, -0.25) is 9.88 Å². The number of allylic oxidation sites excluding steroid dienone is 1. The summed E-state index contributed by atoms with van der Waals surface area (Å²) in [6.45, 7) is 4.62. The lowest BCUT2D eigenvalue weighted by atomic mass is 9.91. The van der Waals surface area contributed by atoms with Gasteiger partial charge in [0.2, 0.25) is 0 Å². The Morgan fingerprint density at radius 3 is 3.22 bits per heavy atom. The molecule has 2 aromatic heterocycles. The average Bonchev–Trinajstić information content (AvgIpc) is 3.03. The fourth-order valence-electron chi connectivity index (χ4n) is 3.25. The zero-order chi connectivity index (χ0) is 16.2. The molecule has 2 atom stereocenters. The number of imidazole rings is 1. The highest BCUT2D eigenvalue weighted by Gasteiger charge is 2.25. The Labute approximate surface area is 146 Å². The Kier molecular flexibility index (Phi) is 5.28. The molecule has 0 aromatic carbocycles. The van der Waals surface area contributed by atoms with Crippen molar-refractivity contribution < 1.29 is 0 Å². The molecule has 1 aliphatic rings. The largest absolute Gasteiger partial charge is 0.324 e. The van der Waals surface area contributed by atoms with E-state index in [0.717, 1.165) is 25.1 Å². The molecule has 0 fully saturated rings. The van der Waals surface area contributed by atoms with Gasteiger partial charge in [0.15, 0.2) is 0 Å². The normalized spacial score (nSPS) is 18.7. The predicted molar refractivity (Wildman–Crippen MR) is 96.4 cm³/mol. The Morgan fingerprint density at radius 1 is 1.52 bits per heavy atom. The van der Waals surface area contributed by atoms with Gasteiger partial charge < -0.3 is 4.57 Å². The van der Waals surface area contributed by atoms with Gasteiger partial charge in [0.05, 0.1) is 28.7 Å². The molecule has 0 saturated heterocycles. The highest BCUT2D eigenvalue weighted by molar-refractivity contribution is 9.09. The molecule has 0 amide bonds. The molecule has 0 spiro atoms. The zero-order valence-electron chi connectivity index (χ0n) is 13.5. The highest BCUT2D eigenvalue weighted by atomic mass is 79.9. The van der Waals surface area contributed by atoms with Crippen molar-refractivity contribution in [2.45, 2.75) is 43.2 Å². The molecule has 0 bridgehead atoms. The lowest BCUT2D eigenvalue weighted by Crippen LogP contribution is -2.28. The van der Waals surface area contributed by atoms with Gasteiger partial charge in [-0.25, -0.2) is 4.98 Å². The van der Waals surface area contributed by atoms with E-state index in [2.05, 4.69) is 61.3 Å². The summed E-state index contributed by atoms with van der Waals surface area (Å²) in [5.41, 5.74) is 3.72. The molecule has 4 nitrogen and oxygen atoms in total. The minimum atomic E-state index is 0.226. The predicted octanol–water partition coefficient (Wildman–Crippen LogP) is 4.26. The van der Waals surface area contributed by atoms with Crippen molar-refractivity contribution >= 4 is 15.9 Å². The van der Waals surface area contributed by atoms with Crippen LogP contribution in [0.3, 0.4) is 0 Å². The minimum absolute atomic E-state index is 0.226. The fraction of sp³-hybridized carbons (Fsp3) is 0.444. The van der Waals surface area contributed by atoms with Crippen LogP contribution in [0.25, 0.3) is 0 Å². The maximum atomic E-state index is 4.64. The average molecular weight is 375 g/mol. The summed E-state index contributed by atoms with van der Waals surface area (Å²) in [5.74, 6) is 0. The van der Waals surface area contributed by atoms with Crippen LogP contribution >= 0.6 is 15.9 Å². The quantitative estimate of drug-likeness (QED) is 0.559. The van der Waals surface area contributed by atoms with Crippen molar-refractivity contribution in [3.8, 4) is 0 Å². The second kappa shape index (κ2) is 7.41. The zero-order valence-corrected chi connectivity index (χ0v) is 15.1. The van der Waals surface area contributed by atoms with E-state index < -0.39 is 0 Å². The smallest absolute Gasteiger partial charge is 0.0959 e. The van der Waals surface area contributed by atoms with Gasteiger partial charge in [-0.2, -0.15) is 0 Å². The molecule has 23 heavy (non-hydrogen) atoms. The van der Waals surface area contributed by atoms with Crippen LogP contribution < -0.4 is 0 Å². The summed E-state index contributed by atoms with van der Waals surface area (Å²) < 4.78 is 2.10. The van der Waals surface area contributed by atoms with Gasteiger partial charge in [-0.1, -0.05) is 28.1 Å². The fourth-order valence-corrected chi connectivity index (χ4v) is 3.74. The molecule has 2 unspecified atom stereocenters. The molecule has 1 aliphatic carbocycles. The molecule has 2 heterocycles. The van der Waals surface area contributed by atoms with Crippen LogP contribution in [0.2, 0.25) is 0 Å². The molecule has 122 valence electrons. The second-order valence-corrected chi connectivity index (χ2v) is 7.20. The summed E-state index contributed by atoms with van der Waals surface area (Å²) in [4.78, 5) is 11.8. The summed E-state index contributed by atoms with van der Waals surface area (Å²) in [5, 5.41) is 0. The molecule has 0 saturated carbocycles. The van der Waals surface area contributed by atoms with E-state index >= 15 is 0 Å². The van der Waals surface area contributed by atoms with Crippen LogP contribution in [0, 0.1) is 0 Å². The van der Waals surface area contributed by atoms with Crippen LogP contribution in [0.4, 0.5) is 0 Å². The number of aromatic nitrogens is 3. The SMILES string of the molecule is C=CCC(Br)n1cnc(CN(C)C2CCCc3cccnc32)c1. The first-order valence-electron chi connectivity index (χ1n) is 8.10. The molecular weight excluding hydrogens is 352 g/mol. The van der Waals surface area contributed by atoms with E-state index in [1.807, 2.05) is 24.7 Å². The van der Waals surface area contributed by atoms with E-state index in [0.29, 0.717) is 6.04 Å². The number of hydrogen-bond acceptors (Lipinski definition) is 3. The number of alkyl halides is 1. The number of halogens is 1. The number of rotatable bonds is 6. The molecular formula is C18H23BrN4. The topological polar surface area (TPSA) is 34.0 Å². The van der Waals surface area contributed by atoms with Crippen LogP contribution in [0.1, 0.15) is 47.2 Å². The van der Waals surface area contributed by atoms with E-state index in [9.17, 15) is 0 Å². The van der Waals surface area contributed by atoms with Gasteiger partial charge in [-0.15, -0.1) is 6.58 Å². The number of hydrogen-bond donors (Lipinski definition) is 0. The monoisotopic (exact) mass is 374 g/mol. The van der Waals surface area contributed by atoms with Crippen LogP contribution in [0.5, 0.6) is 0 Å². The van der Waals surface area contributed by atoms with Gasteiger partial charge in [0.25, 0.3) is 0 Å². The summed E-state index contributed by atoms with van der Waals surface area (Å²) in [7, 11) is 2.17. The van der Waals surface area contributed by atoms with Crippen LogP contribution in [0.15, 0.2) is 43.5 Å².